The Balaban J connectivity index is 1.13. The number of hydrogen-bond acceptors (Lipinski definition) is 6. The lowest BCUT2D eigenvalue weighted by Gasteiger charge is -2.39. The largest absolute Gasteiger partial charge is 0.399 e. The van der Waals surface area contributed by atoms with E-state index in [1.165, 1.54) is 6.07 Å². The van der Waals surface area contributed by atoms with E-state index in [0.717, 1.165) is 43.7 Å². The number of ether oxygens (including phenoxy) is 2. The zero-order chi connectivity index (χ0) is 35.5. The van der Waals surface area contributed by atoms with Crippen LogP contribution >= 0.6 is 27.7 Å². The fraction of sp³-hybridized carbons (Fsp3) is 0.159. The number of benzene rings is 6. The quantitative estimate of drug-likeness (QED) is 0.113. The summed E-state index contributed by atoms with van der Waals surface area (Å²) in [5.74, 6) is 0.179. The summed E-state index contributed by atoms with van der Waals surface area (Å²) in [6.45, 7) is 0.488. The van der Waals surface area contributed by atoms with Crippen molar-refractivity contribution in [3.05, 3.63) is 190 Å². The Hall–Kier alpha value is -4.73. The predicted molar refractivity (Wildman–Crippen MR) is 214 cm³/mol. The van der Waals surface area contributed by atoms with Crippen LogP contribution < -0.4 is 11.1 Å². The van der Waals surface area contributed by atoms with Gasteiger partial charge < -0.3 is 20.5 Å². The number of nitrogens with zero attached hydrogens (tertiary/aromatic N) is 1. The minimum atomic E-state index is -0.964. The molecule has 5 nitrogen and oxygen atoms in total. The molecule has 6 aromatic rings. The lowest BCUT2D eigenvalue weighted by Crippen LogP contribution is -2.44. The Labute approximate surface area is 316 Å². The van der Waals surface area contributed by atoms with Crippen LogP contribution in [0.25, 0.3) is 11.1 Å². The normalized spacial score (nSPS) is 19.8. The van der Waals surface area contributed by atoms with Gasteiger partial charge in [-0.05, 0) is 70.3 Å². The van der Waals surface area contributed by atoms with Gasteiger partial charge >= 0.3 is 0 Å². The van der Waals surface area contributed by atoms with E-state index < -0.39 is 11.1 Å². The number of nitrogens with one attached hydrogen (secondary N) is 1. The van der Waals surface area contributed by atoms with Crippen molar-refractivity contribution in [2.75, 3.05) is 30.0 Å². The van der Waals surface area contributed by atoms with E-state index in [-0.39, 0.29) is 31.1 Å². The Morgan fingerprint density at radius 3 is 1.92 bits per heavy atom. The van der Waals surface area contributed by atoms with Gasteiger partial charge in [-0.3, -0.25) is 0 Å². The number of fused-ring (bicyclic) bond motifs is 1. The molecule has 0 radical (unpaired) electrons. The molecule has 0 saturated carbocycles. The highest BCUT2D eigenvalue weighted by atomic mass is 79.9. The zero-order valence-electron chi connectivity index (χ0n) is 28.3. The maximum Gasteiger partial charge on any atom is 0.162 e. The van der Waals surface area contributed by atoms with Gasteiger partial charge in [-0.15, -0.1) is 0 Å². The smallest absolute Gasteiger partial charge is 0.162 e. The fourth-order valence-electron chi connectivity index (χ4n) is 7.42. The first-order valence-corrected chi connectivity index (χ1v) is 19.1. The summed E-state index contributed by atoms with van der Waals surface area (Å²) < 4.78 is 30.6. The highest BCUT2D eigenvalue weighted by Gasteiger charge is 2.55. The van der Waals surface area contributed by atoms with Crippen molar-refractivity contribution >= 4 is 44.2 Å². The molecule has 2 aliphatic rings. The van der Waals surface area contributed by atoms with Crippen LogP contribution in [0.3, 0.4) is 0 Å². The number of amidine groups is 1. The van der Waals surface area contributed by atoms with Gasteiger partial charge in [0.25, 0.3) is 0 Å². The minimum absolute atomic E-state index is 0.167. The number of halogens is 2. The summed E-state index contributed by atoms with van der Waals surface area (Å²) in [6.07, 6.45) is -0.356. The topological polar surface area (TPSA) is 68.9 Å². The van der Waals surface area contributed by atoms with Crippen molar-refractivity contribution < 1.29 is 13.9 Å². The number of thioether (sulfide) groups is 1. The molecule has 0 aromatic heterocycles. The van der Waals surface area contributed by atoms with Gasteiger partial charge in [-0.25, -0.2) is 9.38 Å². The van der Waals surface area contributed by atoms with Crippen LogP contribution in [0.5, 0.6) is 0 Å². The second kappa shape index (κ2) is 14.7. The minimum Gasteiger partial charge on any atom is -0.399 e. The molecule has 0 unspecified atom stereocenters. The van der Waals surface area contributed by atoms with Gasteiger partial charge in [0.1, 0.15) is 17.0 Å². The van der Waals surface area contributed by atoms with Crippen molar-refractivity contribution in [2.45, 2.75) is 17.2 Å². The Morgan fingerprint density at radius 2 is 1.35 bits per heavy atom. The van der Waals surface area contributed by atoms with Crippen LogP contribution in [0.4, 0.5) is 15.8 Å². The fourth-order valence-corrected chi connectivity index (χ4v) is 9.03. The summed E-state index contributed by atoms with van der Waals surface area (Å²) in [7, 11) is 0. The average molecular weight is 771 g/mol. The van der Waals surface area contributed by atoms with Crippen LogP contribution in [0.2, 0.25) is 0 Å². The number of hydrogen-bond donors (Lipinski definition) is 2. The van der Waals surface area contributed by atoms with Crippen LogP contribution in [0.15, 0.2) is 167 Å². The molecule has 0 aliphatic carbocycles. The first kappa shape index (κ1) is 34.4. The van der Waals surface area contributed by atoms with Gasteiger partial charge in [-0.2, -0.15) is 0 Å². The molecular formula is C44H37BrFN3O2S. The molecule has 6 aromatic carbocycles. The van der Waals surface area contributed by atoms with E-state index in [9.17, 15) is 0 Å². The second-order valence-electron chi connectivity index (χ2n) is 13.1. The maximum absolute atomic E-state index is 15.9. The van der Waals surface area contributed by atoms with Crippen molar-refractivity contribution in [3.8, 4) is 11.1 Å². The molecule has 3 atom stereocenters. The van der Waals surface area contributed by atoms with E-state index in [4.69, 9.17) is 20.2 Å². The summed E-state index contributed by atoms with van der Waals surface area (Å²) >= 11 is 5.22. The number of nitrogens with two attached hydrogens (primary N) is 1. The molecule has 2 aliphatic heterocycles. The van der Waals surface area contributed by atoms with Gasteiger partial charge in [0, 0.05) is 33.1 Å². The molecule has 1 fully saturated rings. The first-order chi connectivity index (χ1) is 25.4. The molecule has 0 spiro atoms. The monoisotopic (exact) mass is 769 g/mol. The zero-order valence-corrected chi connectivity index (χ0v) is 30.7. The third-order valence-corrected chi connectivity index (χ3v) is 11.5. The number of anilines is 2. The lowest BCUT2D eigenvalue weighted by molar-refractivity contribution is -0.0536. The van der Waals surface area contributed by atoms with E-state index in [1.807, 2.05) is 97.1 Å². The van der Waals surface area contributed by atoms with Crippen LogP contribution in [0.1, 0.15) is 22.3 Å². The Bertz CT molecular complexity index is 2070. The summed E-state index contributed by atoms with van der Waals surface area (Å²) in [4.78, 5) is 5.32. The van der Waals surface area contributed by atoms with Crippen molar-refractivity contribution in [1.29, 1.82) is 0 Å². The van der Waals surface area contributed by atoms with E-state index in [2.05, 4.69) is 69.8 Å². The highest BCUT2D eigenvalue weighted by molar-refractivity contribution is 9.10. The van der Waals surface area contributed by atoms with Gasteiger partial charge in [0.05, 0.1) is 19.3 Å². The molecule has 3 N–H and O–H groups in total. The van der Waals surface area contributed by atoms with Gasteiger partial charge in [-0.1, -0.05) is 143 Å². The molecule has 0 bridgehead atoms. The predicted octanol–water partition coefficient (Wildman–Crippen LogP) is 10.3. The summed E-state index contributed by atoms with van der Waals surface area (Å²) in [5, 5.41) is 4.23. The molecule has 52 heavy (non-hydrogen) atoms. The number of aliphatic imine (C=N–C) groups is 1. The summed E-state index contributed by atoms with van der Waals surface area (Å²) in [5.41, 5.74) is 11.4. The average Bonchev–Trinajstić information content (AvgIpc) is 3.56. The number of rotatable bonds is 9. The highest BCUT2D eigenvalue weighted by Crippen LogP contribution is 2.50. The molecule has 8 rings (SSSR count). The molecule has 0 amide bonds. The molecular weight excluding hydrogens is 733 g/mol. The molecule has 8 heteroatoms. The van der Waals surface area contributed by atoms with Crippen molar-refractivity contribution in [2.24, 2.45) is 10.9 Å². The Kier molecular flexibility index (Phi) is 9.72. The standard InChI is InChI=1S/C44H37BrFN3O2S/c45-35-20-25-40(46)38(26-35)43-29-50-41(39(43)28-52-42(49-43)48-37-23-18-31(19-24-37)30-16-21-36(47)22-17-30)27-51-44(32-10-4-1-5-11-32,33-12-6-2-7-13-33)34-14-8-3-9-15-34/h1-26,39,41H,27-29,47H2,(H,48,49)/t39-,41-,43-/m1/s1. The second-order valence-corrected chi connectivity index (χ2v) is 15.1. The molecule has 1 saturated heterocycles. The van der Waals surface area contributed by atoms with E-state index in [0.29, 0.717) is 16.5 Å². The van der Waals surface area contributed by atoms with E-state index in [1.54, 1.807) is 17.8 Å². The van der Waals surface area contributed by atoms with E-state index >= 15 is 4.39 Å². The van der Waals surface area contributed by atoms with Crippen molar-refractivity contribution in [3.63, 3.8) is 0 Å². The SMILES string of the molecule is Nc1ccc(-c2ccc(NC3=N[C@@]4(c5cc(Br)ccc5F)CO[C@H](COC(c5ccccc5)(c5ccccc5)c5ccccc5)[C@H]4CS3)cc2)cc1. The van der Waals surface area contributed by atoms with Crippen LogP contribution in [-0.2, 0) is 20.6 Å². The van der Waals surface area contributed by atoms with Crippen LogP contribution in [0, 0.1) is 11.7 Å². The lowest BCUT2D eigenvalue weighted by atomic mass is 9.78. The Morgan fingerprint density at radius 1 is 0.788 bits per heavy atom. The maximum atomic E-state index is 15.9. The van der Waals surface area contributed by atoms with Gasteiger partial charge in [0.2, 0.25) is 0 Å². The third kappa shape index (κ3) is 6.56. The van der Waals surface area contributed by atoms with Crippen LogP contribution in [-0.4, -0.2) is 30.2 Å². The van der Waals surface area contributed by atoms with Crippen molar-refractivity contribution in [1.82, 2.24) is 0 Å². The number of nitrogen functional groups attached to an aromatic ring is 1. The first-order valence-electron chi connectivity index (χ1n) is 17.3. The third-order valence-electron chi connectivity index (χ3n) is 10.1. The van der Waals surface area contributed by atoms with Gasteiger partial charge in [0.15, 0.2) is 5.17 Å². The molecule has 260 valence electrons. The molecule has 2 heterocycles. The summed E-state index contributed by atoms with van der Waals surface area (Å²) in [6, 6.07) is 52.0.